The van der Waals surface area contributed by atoms with Crippen molar-refractivity contribution in [2.75, 3.05) is 7.11 Å². The fraction of sp³-hybridized carbons (Fsp3) is 0.933. The van der Waals surface area contributed by atoms with Crippen molar-refractivity contribution in [3.05, 3.63) is 0 Å². The standard InChI is InChI=1S/C30H48O4/c1-25(2)19-9-12-27(5)17-30(33)16-21-26(3,4)23(34-8)11-14-29(21,7)24(32)18(30)15-20(27)28(19,6)13-10-22(25)31/h18-21,23,33H,9-17H2,1-8H3/t18-,19-,20-,21-,23?,27-,28-,29-,30-/m0/s1. The molecule has 0 aromatic carbocycles. The van der Waals surface area contributed by atoms with E-state index in [9.17, 15) is 14.7 Å². The van der Waals surface area contributed by atoms with Crippen molar-refractivity contribution in [2.24, 2.45) is 50.7 Å². The van der Waals surface area contributed by atoms with Gasteiger partial charge in [0.05, 0.1) is 11.7 Å². The molecule has 0 heterocycles. The lowest BCUT2D eigenvalue weighted by Gasteiger charge is -2.69. The molecule has 4 heteroatoms. The summed E-state index contributed by atoms with van der Waals surface area (Å²) in [5.74, 6) is 1.32. The summed E-state index contributed by atoms with van der Waals surface area (Å²) in [6.45, 7) is 15.8. The molecule has 34 heavy (non-hydrogen) atoms. The van der Waals surface area contributed by atoms with Crippen LogP contribution >= 0.6 is 0 Å². The van der Waals surface area contributed by atoms with Crippen LogP contribution < -0.4 is 0 Å². The van der Waals surface area contributed by atoms with Crippen LogP contribution in [0, 0.1) is 50.7 Å². The molecule has 5 rings (SSSR count). The van der Waals surface area contributed by atoms with E-state index in [1.807, 2.05) is 0 Å². The van der Waals surface area contributed by atoms with Gasteiger partial charge in [-0.05, 0) is 85.4 Å². The number of rotatable bonds is 1. The lowest BCUT2D eigenvalue weighted by atomic mass is 9.36. The van der Waals surface area contributed by atoms with E-state index < -0.39 is 5.60 Å². The molecule has 0 amide bonds. The summed E-state index contributed by atoms with van der Waals surface area (Å²) in [7, 11) is 1.79. The molecule has 5 aliphatic rings. The molecule has 0 spiro atoms. The quantitative estimate of drug-likeness (QED) is 0.509. The summed E-state index contributed by atoms with van der Waals surface area (Å²) in [5.41, 5.74) is -1.69. The van der Waals surface area contributed by atoms with Gasteiger partial charge in [-0.15, -0.1) is 0 Å². The van der Waals surface area contributed by atoms with Crippen LogP contribution in [0.5, 0.6) is 0 Å². The predicted molar refractivity (Wildman–Crippen MR) is 133 cm³/mol. The van der Waals surface area contributed by atoms with Crippen molar-refractivity contribution in [2.45, 2.75) is 118 Å². The van der Waals surface area contributed by atoms with Gasteiger partial charge in [0.25, 0.3) is 0 Å². The van der Waals surface area contributed by atoms with E-state index >= 15 is 0 Å². The van der Waals surface area contributed by atoms with Gasteiger partial charge >= 0.3 is 0 Å². The fourth-order valence-electron chi connectivity index (χ4n) is 11.0. The molecule has 5 aliphatic carbocycles. The minimum absolute atomic E-state index is 0.0143. The number of fused-ring (bicyclic) bond motifs is 5. The molecule has 5 fully saturated rings. The van der Waals surface area contributed by atoms with Crippen LogP contribution in [-0.4, -0.2) is 35.5 Å². The van der Waals surface area contributed by atoms with Crippen molar-refractivity contribution >= 4 is 11.6 Å². The van der Waals surface area contributed by atoms with E-state index in [0.717, 1.165) is 44.9 Å². The number of ketones is 2. The van der Waals surface area contributed by atoms with Gasteiger partial charge < -0.3 is 9.84 Å². The highest BCUT2D eigenvalue weighted by Gasteiger charge is 2.70. The molecule has 0 bridgehead atoms. The third-order valence-electron chi connectivity index (χ3n) is 12.9. The zero-order valence-electron chi connectivity index (χ0n) is 22.9. The second-order valence-electron chi connectivity index (χ2n) is 15.1. The molecule has 0 aromatic rings. The number of hydrogen-bond acceptors (Lipinski definition) is 4. The second-order valence-corrected chi connectivity index (χ2v) is 15.1. The molecule has 0 aliphatic heterocycles. The summed E-state index contributed by atoms with van der Waals surface area (Å²) in [4.78, 5) is 27.3. The first-order chi connectivity index (χ1) is 15.6. The van der Waals surface area contributed by atoms with Gasteiger partial charge in [0.15, 0.2) is 0 Å². The van der Waals surface area contributed by atoms with Crippen LogP contribution in [0.25, 0.3) is 0 Å². The van der Waals surface area contributed by atoms with Crippen molar-refractivity contribution in [1.82, 2.24) is 0 Å². The zero-order chi connectivity index (χ0) is 25.1. The number of Topliss-reactive ketones (excluding diaryl/α,β-unsaturated/α-hetero) is 2. The van der Waals surface area contributed by atoms with Crippen LogP contribution in [-0.2, 0) is 14.3 Å². The van der Waals surface area contributed by atoms with E-state index in [0.29, 0.717) is 36.2 Å². The third-order valence-corrected chi connectivity index (χ3v) is 12.9. The normalized spacial score (nSPS) is 53.9. The van der Waals surface area contributed by atoms with E-state index in [4.69, 9.17) is 4.74 Å². The highest BCUT2D eigenvalue weighted by atomic mass is 16.5. The Hall–Kier alpha value is -0.740. The van der Waals surface area contributed by atoms with Crippen LogP contribution in [0.4, 0.5) is 0 Å². The second kappa shape index (κ2) is 7.18. The average Bonchev–Trinajstić information content (AvgIpc) is 2.72. The molecular weight excluding hydrogens is 424 g/mol. The van der Waals surface area contributed by atoms with E-state index in [1.165, 1.54) is 0 Å². The maximum Gasteiger partial charge on any atom is 0.145 e. The minimum Gasteiger partial charge on any atom is -0.389 e. The monoisotopic (exact) mass is 472 g/mol. The predicted octanol–water partition coefficient (Wildman–Crippen LogP) is 5.99. The molecule has 192 valence electrons. The molecule has 4 nitrogen and oxygen atoms in total. The van der Waals surface area contributed by atoms with Gasteiger partial charge in [0, 0.05) is 30.3 Å². The molecule has 0 aromatic heterocycles. The van der Waals surface area contributed by atoms with Crippen LogP contribution in [0.3, 0.4) is 0 Å². The Kier molecular flexibility index (Phi) is 5.27. The Labute approximate surface area is 207 Å². The van der Waals surface area contributed by atoms with Gasteiger partial charge in [-0.25, -0.2) is 0 Å². The number of ether oxygens (including phenoxy) is 1. The number of methoxy groups -OCH3 is 1. The molecule has 5 saturated carbocycles. The number of carbonyl (C=O) groups is 2. The SMILES string of the molecule is COC1CC[C@]2(C)C(=O)[C@@H]3C[C@H]4[C@@](C)(CC[C@H]5C(C)(C)C(=O)CC[C@@]54C)C[C@@]3(O)C[C@H]2C1(C)C. The summed E-state index contributed by atoms with van der Waals surface area (Å²) < 4.78 is 5.89. The minimum atomic E-state index is -0.928. The van der Waals surface area contributed by atoms with Gasteiger partial charge in [0.1, 0.15) is 11.6 Å². The van der Waals surface area contributed by atoms with Crippen molar-refractivity contribution in [3.63, 3.8) is 0 Å². The number of hydrogen-bond donors (Lipinski definition) is 1. The summed E-state index contributed by atoms with van der Waals surface area (Å²) in [6, 6.07) is 0. The van der Waals surface area contributed by atoms with Crippen molar-refractivity contribution < 1.29 is 19.4 Å². The van der Waals surface area contributed by atoms with E-state index in [1.54, 1.807) is 7.11 Å². The molecule has 0 radical (unpaired) electrons. The fourth-order valence-corrected chi connectivity index (χ4v) is 11.0. The Morgan fingerprint density at radius 2 is 1.56 bits per heavy atom. The first kappa shape index (κ1) is 24.9. The first-order valence-corrected chi connectivity index (χ1v) is 13.9. The first-order valence-electron chi connectivity index (χ1n) is 13.9. The Morgan fingerprint density at radius 3 is 2.21 bits per heavy atom. The Balaban J connectivity index is 1.54. The highest BCUT2D eigenvalue weighted by molar-refractivity contribution is 5.90. The van der Waals surface area contributed by atoms with Crippen LogP contribution in [0.15, 0.2) is 0 Å². The van der Waals surface area contributed by atoms with Gasteiger partial charge in [-0.3, -0.25) is 9.59 Å². The molecular formula is C30H48O4. The van der Waals surface area contributed by atoms with Crippen LogP contribution in [0.1, 0.15) is 106 Å². The molecule has 1 N–H and O–H groups in total. The number of carbonyl (C=O) groups excluding carboxylic acids is 2. The smallest absolute Gasteiger partial charge is 0.145 e. The third kappa shape index (κ3) is 2.96. The highest BCUT2D eigenvalue weighted by Crippen LogP contribution is 2.71. The molecule has 0 saturated heterocycles. The Bertz CT molecular complexity index is 905. The maximum absolute atomic E-state index is 14.4. The van der Waals surface area contributed by atoms with Crippen LogP contribution in [0.2, 0.25) is 0 Å². The zero-order valence-corrected chi connectivity index (χ0v) is 22.9. The summed E-state index contributed by atoms with van der Waals surface area (Å²) >= 11 is 0. The topological polar surface area (TPSA) is 63.6 Å². The lowest BCUT2D eigenvalue weighted by molar-refractivity contribution is -0.235. The van der Waals surface area contributed by atoms with Crippen molar-refractivity contribution in [3.8, 4) is 0 Å². The van der Waals surface area contributed by atoms with Gasteiger partial charge in [-0.2, -0.15) is 0 Å². The van der Waals surface area contributed by atoms with Gasteiger partial charge in [0.2, 0.25) is 0 Å². The Morgan fingerprint density at radius 1 is 0.882 bits per heavy atom. The van der Waals surface area contributed by atoms with Crippen molar-refractivity contribution in [1.29, 1.82) is 0 Å². The largest absolute Gasteiger partial charge is 0.389 e. The van der Waals surface area contributed by atoms with E-state index in [2.05, 4.69) is 48.5 Å². The van der Waals surface area contributed by atoms with E-state index in [-0.39, 0.29) is 45.0 Å². The molecule has 1 unspecified atom stereocenters. The lowest BCUT2D eigenvalue weighted by Crippen LogP contribution is -2.69. The average molecular weight is 473 g/mol. The van der Waals surface area contributed by atoms with Gasteiger partial charge in [-0.1, -0.05) is 48.5 Å². The molecule has 9 atom stereocenters. The maximum atomic E-state index is 14.4. The number of aliphatic hydroxyl groups is 1. The summed E-state index contributed by atoms with van der Waals surface area (Å²) in [6.07, 6.45) is 7.79. The summed E-state index contributed by atoms with van der Waals surface area (Å²) in [5, 5.41) is 12.3.